The molecule has 0 aliphatic carbocycles. The molecule has 0 aliphatic heterocycles. The molecular weight excluding hydrogens is 267 g/mol. The van der Waals surface area contributed by atoms with Gasteiger partial charge < -0.3 is 10.5 Å². The second kappa shape index (κ2) is 5.17. The van der Waals surface area contributed by atoms with Gasteiger partial charge in [-0.3, -0.25) is 0 Å². The Balaban J connectivity index is 2.45. The summed E-state index contributed by atoms with van der Waals surface area (Å²) in [6.45, 7) is 1.79. The lowest BCUT2D eigenvalue weighted by Gasteiger charge is -2.11. The Morgan fingerprint density at radius 2 is 2.05 bits per heavy atom. The van der Waals surface area contributed by atoms with Gasteiger partial charge in [0.15, 0.2) is 0 Å². The molecule has 96 valence electrons. The molecule has 3 nitrogen and oxygen atoms in total. The predicted octanol–water partition coefficient (Wildman–Crippen LogP) is 4.03. The number of nitrogens with two attached hydrogens (primary N) is 1. The van der Waals surface area contributed by atoms with Crippen LogP contribution in [0.2, 0.25) is 5.02 Å². The van der Waals surface area contributed by atoms with E-state index in [0.29, 0.717) is 16.5 Å². The number of halogens is 2. The highest BCUT2D eigenvalue weighted by Crippen LogP contribution is 2.33. The van der Waals surface area contributed by atoms with Crippen molar-refractivity contribution in [2.75, 3.05) is 5.73 Å². The van der Waals surface area contributed by atoms with Crippen molar-refractivity contribution in [1.82, 2.24) is 0 Å². The molecule has 0 bridgehead atoms. The molecule has 0 fully saturated rings. The highest BCUT2D eigenvalue weighted by atomic mass is 35.5. The maximum Gasteiger partial charge on any atom is 0.148 e. The molecule has 2 aromatic rings. The molecule has 0 aromatic heterocycles. The largest absolute Gasteiger partial charge is 0.456 e. The summed E-state index contributed by atoms with van der Waals surface area (Å²) in [5, 5.41) is 9.27. The van der Waals surface area contributed by atoms with Crippen molar-refractivity contribution in [3.63, 3.8) is 0 Å². The van der Waals surface area contributed by atoms with Crippen LogP contribution in [0.3, 0.4) is 0 Å². The maximum atomic E-state index is 13.4. The fraction of sp³-hybridized carbons (Fsp3) is 0.0714. The Bertz CT molecular complexity index is 680. The van der Waals surface area contributed by atoms with Gasteiger partial charge in [-0.2, -0.15) is 5.26 Å². The number of benzene rings is 2. The number of anilines is 1. The molecule has 19 heavy (non-hydrogen) atoms. The molecule has 0 unspecified atom stereocenters. The van der Waals surface area contributed by atoms with Crippen molar-refractivity contribution in [2.45, 2.75) is 6.92 Å². The molecule has 2 N–H and O–H groups in total. The molecule has 0 saturated carbocycles. The fourth-order valence-corrected chi connectivity index (χ4v) is 1.77. The van der Waals surface area contributed by atoms with Crippen LogP contribution in [0.15, 0.2) is 30.3 Å². The molecular formula is C14H10ClFN2O. The van der Waals surface area contributed by atoms with Crippen LogP contribution in [0.1, 0.15) is 11.1 Å². The topological polar surface area (TPSA) is 59.0 Å². The van der Waals surface area contributed by atoms with Crippen LogP contribution in [0.25, 0.3) is 0 Å². The Kier molecular flexibility index (Phi) is 3.59. The third-order valence-corrected chi connectivity index (χ3v) is 2.93. The highest BCUT2D eigenvalue weighted by Gasteiger charge is 2.12. The zero-order chi connectivity index (χ0) is 14.0. The first-order valence-electron chi connectivity index (χ1n) is 5.45. The Labute approximate surface area is 115 Å². The van der Waals surface area contributed by atoms with Crippen LogP contribution >= 0.6 is 11.6 Å². The highest BCUT2D eigenvalue weighted by molar-refractivity contribution is 6.33. The third kappa shape index (κ3) is 2.61. The molecule has 0 radical (unpaired) electrons. The maximum absolute atomic E-state index is 13.4. The van der Waals surface area contributed by atoms with E-state index in [1.54, 1.807) is 19.1 Å². The van der Waals surface area contributed by atoms with Crippen LogP contribution in [0.4, 0.5) is 10.1 Å². The van der Waals surface area contributed by atoms with E-state index in [9.17, 15) is 4.39 Å². The summed E-state index contributed by atoms with van der Waals surface area (Å²) in [5.41, 5.74) is 6.70. The first-order valence-corrected chi connectivity index (χ1v) is 5.83. The number of aryl methyl sites for hydroxylation is 1. The number of hydrogen-bond acceptors (Lipinski definition) is 3. The lowest BCUT2D eigenvalue weighted by molar-refractivity contribution is 0.471. The summed E-state index contributed by atoms with van der Waals surface area (Å²) >= 11 is 5.91. The van der Waals surface area contributed by atoms with Crippen LogP contribution in [0, 0.1) is 24.1 Å². The van der Waals surface area contributed by atoms with Crippen molar-refractivity contribution in [3.05, 3.63) is 52.3 Å². The van der Waals surface area contributed by atoms with Gasteiger partial charge in [-0.25, -0.2) is 4.39 Å². The van der Waals surface area contributed by atoms with Crippen LogP contribution in [0.5, 0.6) is 11.5 Å². The molecule has 0 heterocycles. The van der Waals surface area contributed by atoms with Gasteiger partial charge in [-0.15, -0.1) is 0 Å². The molecule has 0 aliphatic rings. The number of rotatable bonds is 2. The number of hydrogen-bond donors (Lipinski definition) is 1. The quantitative estimate of drug-likeness (QED) is 0.842. The monoisotopic (exact) mass is 276 g/mol. The van der Waals surface area contributed by atoms with Gasteiger partial charge in [-0.05, 0) is 30.7 Å². The summed E-state index contributed by atoms with van der Waals surface area (Å²) in [6.07, 6.45) is 0. The van der Waals surface area contributed by atoms with Crippen LogP contribution < -0.4 is 10.5 Å². The van der Waals surface area contributed by atoms with Crippen LogP contribution in [-0.4, -0.2) is 0 Å². The second-order valence-electron chi connectivity index (χ2n) is 3.97. The summed E-state index contributed by atoms with van der Waals surface area (Å²) in [7, 11) is 0. The van der Waals surface area contributed by atoms with Gasteiger partial charge in [0.2, 0.25) is 0 Å². The van der Waals surface area contributed by atoms with E-state index in [2.05, 4.69) is 0 Å². The molecule has 5 heteroatoms. The van der Waals surface area contributed by atoms with E-state index < -0.39 is 5.82 Å². The van der Waals surface area contributed by atoms with E-state index in [4.69, 9.17) is 27.3 Å². The van der Waals surface area contributed by atoms with E-state index in [1.165, 1.54) is 24.3 Å². The first kappa shape index (κ1) is 13.2. The van der Waals surface area contributed by atoms with E-state index in [1.807, 2.05) is 0 Å². The van der Waals surface area contributed by atoms with E-state index in [-0.39, 0.29) is 11.3 Å². The molecule has 0 amide bonds. The summed E-state index contributed by atoms with van der Waals surface area (Å²) in [4.78, 5) is 0. The SMILES string of the molecule is Cc1cc(N)c(Cl)cc1Oc1cccc(F)c1C#N. The average molecular weight is 277 g/mol. The minimum atomic E-state index is -0.626. The van der Waals surface area contributed by atoms with Crippen molar-refractivity contribution in [3.8, 4) is 17.6 Å². The number of nitrogen functional groups attached to an aromatic ring is 1. The van der Waals surface area contributed by atoms with Crippen LogP contribution in [-0.2, 0) is 0 Å². The minimum absolute atomic E-state index is 0.144. The molecule has 2 rings (SSSR count). The standard InChI is InChI=1S/C14H10ClFN2O/c1-8-5-12(18)10(15)6-14(8)19-13-4-2-3-11(16)9(13)7-17/h2-6H,18H2,1H3. The Morgan fingerprint density at radius 1 is 1.32 bits per heavy atom. The number of nitriles is 1. The first-order chi connectivity index (χ1) is 9.02. The predicted molar refractivity (Wildman–Crippen MR) is 71.8 cm³/mol. The molecule has 0 saturated heterocycles. The summed E-state index contributed by atoms with van der Waals surface area (Å²) < 4.78 is 19.0. The fourth-order valence-electron chi connectivity index (χ4n) is 1.61. The lowest BCUT2D eigenvalue weighted by atomic mass is 10.2. The lowest BCUT2D eigenvalue weighted by Crippen LogP contribution is -1.95. The minimum Gasteiger partial charge on any atom is -0.456 e. The normalized spacial score (nSPS) is 10.0. The van der Waals surface area contributed by atoms with E-state index in [0.717, 1.165) is 5.56 Å². The molecule has 0 spiro atoms. The zero-order valence-electron chi connectivity index (χ0n) is 10.1. The van der Waals surface area contributed by atoms with Gasteiger partial charge in [0.05, 0.1) is 10.7 Å². The Hall–Kier alpha value is -2.25. The number of ether oxygens (including phenoxy) is 1. The summed E-state index contributed by atoms with van der Waals surface area (Å²) in [5.74, 6) is -0.0491. The smallest absolute Gasteiger partial charge is 0.148 e. The second-order valence-corrected chi connectivity index (χ2v) is 4.37. The Morgan fingerprint density at radius 3 is 2.74 bits per heavy atom. The molecule has 0 atom stereocenters. The van der Waals surface area contributed by atoms with Gasteiger partial charge in [0.1, 0.15) is 28.9 Å². The van der Waals surface area contributed by atoms with Gasteiger partial charge >= 0.3 is 0 Å². The zero-order valence-corrected chi connectivity index (χ0v) is 10.8. The van der Waals surface area contributed by atoms with Gasteiger partial charge in [0.25, 0.3) is 0 Å². The van der Waals surface area contributed by atoms with Crippen molar-refractivity contribution in [1.29, 1.82) is 5.26 Å². The summed E-state index contributed by atoms with van der Waals surface area (Å²) in [6, 6.07) is 9.16. The number of nitrogens with zero attached hydrogens (tertiary/aromatic N) is 1. The van der Waals surface area contributed by atoms with Crippen molar-refractivity contribution >= 4 is 17.3 Å². The average Bonchev–Trinajstić information content (AvgIpc) is 2.36. The third-order valence-electron chi connectivity index (χ3n) is 2.60. The molecule has 2 aromatic carbocycles. The van der Waals surface area contributed by atoms with Crippen molar-refractivity contribution < 1.29 is 9.13 Å². The van der Waals surface area contributed by atoms with E-state index >= 15 is 0 Å². The van der Waals surface area contributed by atoms with Gasteiger partial charge in [0, 0.05) is 6.07 Å². The van der Waals surface area contributed by atoms with Crippen molar-refractivity contribution in [2.24, 2.45) is 0 Å². The van der Waals surface area contributed by atoms with Gasteiger partial charge in [-0.1, -0.05) is 17.7 Å².